The van der Waals surface area contributed by atoms with Gasteiger partial charge in [-0.15, -0.1) is 0 Å². The van der Waals surface area contributed by atoms with E-state index in [1.807, 2.05) is 0 Å². The van der Waals surface area contributed by atoms with Gasteiger partial charge in [-0.1, -0.05) is 6.07 Å². The van der Waals surface area contributed by atoms with E-state index in [-0.39, 0.29) is 5.69 Å². The van der Waals surface area contributed by atoms with Crippen LogP contribution in [-0.4, -0.2) is 11.3 Å². The van der Waals surface area contributed by atoms with Crippen LogP contribution in [0.15, 0.2) is 18.2 Å². The van der Waals surface area contributed by atoms with Gasteiger partial charge in [0, 0.05) is 11.3 Å². The molecule has 0 saturated heterocycles. The van der Waals surface area contributed by atoms with Crippen LogP contribution in [0.5, 0.6) is 0 Å². The van der Waals surface area contributed by atoms with E-state index in [9.17, 15) is 22.7 Å². The van der Waals surface area contributed by atoms with Crippen molar-refractivity contribution in [1.29, 1.82) is 0 Å². The Morgan fingerprint density at radius 3 is 2.20 bits per heavy atom. The molecular formula is C9H9F4NO. The number of hydrogen-bond acceptors (Lipinski definition) is 2. The van der Waals surface area contributed by atoms with Crippen LogP contribution in [0.4, 0.5) is 23.2 Å². The second kappa shape index (κ2) is 3.37. The third kappa shape index (κ3) is 2.04. The lowest BCUT2D eigenvalue weighted by Crippen LogP contribution is -2.40. The summed E-state index contributed by atoms with van der Waals surface area (Å²) in [6.45, 7) is 0.488. The first kappa shape index (κ1) is 11.8. The average molecular weight is 223 g/mol. The van der Waals surface area contributed by atoms with Gasteiger partial charge in [-0.3, -0.25) is 0 Å². The molecule has 0 aliphatic rings. The van der Waals surface area contributed by atoms with Gasteiger partial charge in [0.25, 0.3) is 0 Å². The summed E-state index contributed by atoms with van der Waals surface area (Å²) in [4.78, 5) is 0. The number of alkyl halides is 3. The Labute approximate surface area is 83.3 Å². The highest BCUT2D eigenvalue weighted by Gasteiger charge is 2.52. The first-order valence-corrected chi connectivity index (χ1v) is 4.01. The topological polar surface area (TPSA) is 46.2 Å². The molecule has 6 heteroatoms. The van der Waals surface area contributed by atoms with Crippen LogP contribution < -0.4 is 5.73 Å². The molecule has 1 aromatic rings. The number of benzene rings is 1. The Morgan fingerprint density at radius 1 is 1.27 bits per heavy atom. The van der Waals surface area contributed by atoms with Gasteiger partial charge in [-0.25, -0.2) is 4.39 Å². The van der Waals surface area contributed by atoms with Crippen LogP contribution in [0.1, 0.15) is 12.5 Å². The molecule has 1 atom stereocenters. The van der Waals surface area contributed by atoms with Gasteiger partial charge in [0.05, 0.1) is 0 Å². The normalized spacial score (nSPS) is 16.1. The Hall–Kier alpha value is -1.30. The second-order valence-corrected chi connectivity index (χ2v) is 3.31. The Morgan fingerprint density at radius 2 is 1.80 bits per heavy atom. The summed E-state index contributed by atoms with van der Waals surface area (Å²) in [6.07, 6.45) is -4.94. The minimum absolute atomic E-state index is 0.00535. The lowest BCUT2D eigenvalue weighted by Gasteiger charge is -2.27. The molecule has 0 bridgehead atoms. The average Bonchev–Trinajstić information content (AvgIpc) is 2.00. The third-order valence-corrected chi connectivity index (χ3v) is 2.07. The number of hydrogen-bond donors (Lipinski definition) is 2. The zero-order valence-electron chi connectivity index (χ0n) is 7.77. The second-order valence-electron chi connectivity index (χ2n) is 3.31. The number of rotatable bonds is 1. The maximum Gasteiger partial charge on any atom is 0.421 e. The quantitative estimate of drug-likeness (QED) is 0.566. The van der Waals surface area contributed by atoms with Gasteiger partial charge in [0.15, 0.2) is 5.60 Å². The molecule has 1 aromatic carbocycles. The molecule has 3 N–H and O–H groups in total. The molecule has 1 unspecified atom stereocenters. The molecule has 0 aliphatic carbocycles. The summed E-state index contributed by atoms with van der Waals surface area (Å²) in [5, 5.41) is 9.19. The van der Waals surface area contributed by atoms with E-state index in [2.05, 4.69) is 0 Å². The van der Waals surface area contributed by atoms with Crippen molar-refractivity contribution in [1.82, 2.24) is 0 Å². The van der Waals surface area contributed by atoms with Crippen molar-refractivity contribution in [3.63, 3.8) is 0 Å². The van der Waals surface area contributed by atoms with E-state index in [0.29, 0.717) is 6.92 Å². The van der Waals surface area contributed by atoms with E-state index in [1.54, 1.807) is 0 Å². The molecule has 0 heterocycles. The molecule has 0 spiro atoms. The van der Waals surface area contributed by atoms with Gasteiger partial charge in [-0.2, -0.15) is 13.2 Å². The minimum atomic E-state index is -4.94. The maximum atomic E-state index is 13.1. The van der Waals surface area contributed by atoms with E-state index in [1.165, 1.54) is 0 Å². The van der Waals surface area contributed by atoms with Crippen molar-refractivity contribution in [3.8, 4) is 0 Å². The summed E-state index contributed by atoms with van der Waals surface area (Å²) in [7, 11) is 0. The lowest BCUT2D eigenvalue weighted by molar-refractivity contribution is -0.259. The summed E-state index contributed by atoms with van der Waals surface area (Å²) >= 11 is 0. The number of halogens is 4. The molecule has 84 valence electrons. The minimum Gasteiger partial charge on any atom is -0.399 e. The predicted molar refractivity (Wildman–Crippen MR) is 46.4 cm³/mol. The summed E-state index contributed by atoms with van der Waals surface area (Å²) in [5.41, 5.74) is 1.11. The van der Waals surface area contributed by atoms with E-state index >= 15 is 0 Å². The van der Waals surface area contributed by atoms with E-state index in [0.717, 1.165) is 18.2 Å². The molecule has 0 fully saturated rings. The maximum absolute atomic E-state index is 13.1. The predicted octanol–water partition coefficient (Wildman–Crippen LogP) is 2.18. The van der Waals surface area contributed by atoms with Crippen molar-refractivity contribution < 1.29 is 22.7 Å². The van der Waals surface area contributed by atoms with Crippen molar-refractivity contribution >= 4 is 5.69 Å². The fourth-order valence-electron chi connectivity index (χ4n) is 1.08. The first-order valence-electron chi connectivity index (χ1n) is 4.01. The Bertz CT molecular complexity index is 373. The smallest absolute Gasteiger partial charge is 0.399 e. The Kier molecular flexibility index (Phi) is 2.65. The van der Waals surface area contributed by atoms with Crippen LogP contribution >= 0.6 is 0 Å². The molecule has 1 rings (SSSR count). The highest BCUT2D eigenvalue weighted by Crippen LogP contribution is 2.39. The third-order valence-electron chi connectivity index (χ3n) is 2.07. The Balaban J connectivity index is 3.28. The van der Waals surface area contributed by atoms with Crippen LogP contribution in [-0.2, 0) is 5.60 Å². The molecule has 15 heavy (non-hydrogen) atoms. The van der Waals surface area contributed by atoms with Gasteiger partial charge >= 0.3 is 6.18 Å². The zero-order valence-corrected chi connectivity index (χ0v) is 7.77. The van der Waals surface area contributed by atoms with Gasteiger partial charge in [0.1, 0.15) is 5.82 Å². The number of nitrogens with two attached hydrogens (primary N) is 1. The van der Waals surface area contributed by atoms with Crippen molar-refractivity contribution in [2.75, 3.05) is 5.73 Å². The summed E-state index contributed by atoms with van der Waals surface area (Å²) in [5.74, 6) is -1.18. The standard InChI is InChI=1S/C9H9F4NO/c1-8(15,9(11,12)13)6-3-2-5(14)4-7(6)10/h2-4,15H,14H2,1H3. The fraction of sp³-hybridized carbons (Fsp3) is 0.333. The molecule has 0 aromatic heterocycles. The number of nitrogen functional groups attached to an aromatic ring is 1. The van der Waals surface area contributed by atoms with Gasteiger partial charge in [0.2, 0.25) is 0 Å². The zero-order chi connectivity index (χ0) is 11.9. The lowest BCUT2D eigenvalue weighted by atomic mass is 9.94. The molecule has 0 radical (unpaired) electrons. The summed E-state index contributed by atoms with van der Waals surface area (Å²) < 4.78 is 50.2. The molecule has 0 saturated carbocycles. The van der Waals surface area contributed by atoms with Gasteiger partial charge < -0.3 is 10.8 Å². The van der Waals surface area contributed by atoms with Crippen LogP contribution in [0.25, 0.3) is 0 Å². The fourth-order valence-corrected chi connectivity index (χ4v) is 1.08. The largest absolute Gasteiger partial charge is 0.421 e. The monoisotopic (exact) mass is 223 g/mol. The van der Waals surface area contributed by atoms with Crippen LogP contribution in [0, 0.1) is 5.82 Å². The highest BCUT2D eigenvalue weighted by atomic mass is 19.4. The van der Waals surface area contributed by atoms with Crippen molar-refractivity contribution in [2.45, 2.75) is 18.7 Å². The van der Waals surface area contributed by atoms with Crippen LogP contribution in [0.2, 0.25) is 0 Å². The number of aliphatic hydroxyl groups is 1. The summed E-state index contributed by atoms with van der Waals surface area (Å²) in [6, 6.07) is 2.65. The van der Waals surface area contributed by atoms with Gasteiger partial charge in [-0.05, 0) is 19.1 Å². The molecule has 2 nitrogen and oxygen atoms in total. The SMILES string of the molecule is CC(O)(c1ccc(N)cc1F)C(F)(F)F. The van der Waals surface area contributed by atoms with Crippen LogP contribution in [0.3, 0.4) is 0 Å². The van der Waals surface area contributed by atoms with E-state index in [4.69, 9.17) is 5.73 Å². The number of anilines is 1. The highest BCUT2D eigenvalue weighted by molar-refractivity contribution is 5.42. The molecule has 0 aliphatic heterocycles. The van der Waals surface area contributed by atoms with Crippen molar-refractivity contribution in [2.24, 2.45) is 0 Å². The van der Waals surface area contributed by atoms with Crippen molar-refractivity contribution in [3.05, 3.63) is 29.6 Å². The van der Waals surface area contributed by atoms with E-state index < -0.39 is 23.2 Å². The molecule has 0 amide bonds. The molecular weight excluding hydrogens is 214 g/mol. The first-order chi connectivity index (χ1) is 6.66.